The van der Waals surface area contributed by atoms with Crippen LogP contribution in [-0.2, 0) is 9.59 Å². The molecule has 0 aromatic rings. The van der Waals surface area contributed by atoms with Gasteiger partial charge in [0.05, 0.1) is 0 Å². The molecule has 0 unspecified atom stereocenters. The fourth-order valence-electron chi connectivity index (χ4n) is 0.534. The lowest BCUT2D eigenvalue weighted by Gasteiger charge is -1.96. The number of ketones is 2. The number of carbonyl (C=O) groups excluding carboxylic acids is 2. The zero-order valence-corrected chi connectivity index (χ0v) is 7.87. The van der Waals surface area contributed by atoms with E-state index in [0.717, 1.165) is 11.5 Å². The molecule has 0 aliphatic rings. The van der Waals surface area contributed by atoms with Gasteiger partial charge in [0, 0.05) is 24.3 Å². The average Bonchev–Trinajstić information content (AvgIpc) is 1.85. The van der Waals surface area contributed by atoms with Gasteiger partial charge in [0.15, 0.2) is 0 Å². The molecule has 0 bridgehead atoms. The van der Waals surface area contributed by atoms with Gasteiger partial charge in [-0.2, -0.15) is 11.8 Å². The third-order valence-corrected chi connectivity index (χ3v) is 2.18. The molecule has 0 saturated heterocycles. The van der Waals surface area contributed by atoms with Gasteiger partial charge in [-0.15, -0.1) is 0 Å². The van der Waals surface area contributed by atoms with Gasteiger partial charge in [-0.25, -0.2) is 0 Å². The molecule has 0 aromatic heterocycles. The molecule has 0 aromatic carbocycles. The summed E-state index contributed by atoms with van der Waals surface area (Å²) < 4.78 is 0. The first kappa shape index (κ1) is 10.7. The Morgan fingerprint density at radius 2 is 1.36 bits per heavy atom. The Kier molecular flexibility index (Phi) is 6.22. The van der Waals surface area contributed by atoms with Gasteiger partial charge in [0.1, 0.15) is 11.6 Å². The van der Waals surface area contributed by atoms with Gasteiger partial charge in [-0.05, 0) is 13.8 Å². The van der Waals surface area contributed by atoms with Crippen molar-refractivity contribution in [3.63, 3.8) is 0 Å². The van der Waals surface area contributed by atoms with Crippen molar-refractivity contribution >= 4 is 23.3 Å². The van der Waals surface area contributed by atoms with Crippen LogP contribution in [-0.4, -0.2) is 23.1 Å². The standard InChI is InChI=1S/C8H14O2S/c1-7(9)3-5-11-6-4-8(2)10/h3-6H2,1-2H3/i11+2. The van der Waals surface area contributed by atoms with Crippen LogP contribution < -0.4 is 0 Å². The Morgan fingerprint density at radius 3 is 1.64 bits per heavy atom. The molecular weight excluding hydrogens is 162 g/mol. The zero-order chi connectivity index (χ0) is 8.69. The number of Topliss-reactive ketones (excluding diaryl/α,β-unsaturated/α-hetero) is 2. The minimum absolute atomic E-state index is 0.223. The molecule has 0 aliphatic carbocycles. The normalized spacial score (nSPS) is 9.64. The molecular formula is C8H14O2S. The van der Waals surface area contributed by atoms with Crippen LogP contribution in [0.15, 0.2) is 0 Å². The van der Waals surface area contributed by atoms with Crippen molar-refractivity contribution in [2.75, 3.05) is 11.5 Å². The lowest BCUT2D eigenvalue weighted by molar-refractivity contribution is -0.117. The van der Waals surface area contributed by atoms with E-state index in [4.69, 9.17) is 0 Å². The van der Waals surface area contributed by atoms with E-state index < -0.39 is 0 Å². The van der Waals surface area contributed by atoms with Crippen LogP contribution in [0.1, 0.15) is 26.7 Å². The fraction of sp³-hybridized carbons (Fsp3) is 0.750. The first-order valence-corrected chi connectivity index (χ1v) is 4.85. The third-order valence-electron chi connectivity index (χ3n) is 1.20. The summed E-state index contributed by atoms with van der Waals surface area (Å²) in [7, 11) is 0. The minimum atomic E-state index is 0.223. The zero-order valence-electron chi connectivity index (χ0n) is 7.05. The second kappa shape index (κ2) is 6.40. The highest BCUT2D eigenvalue weighted by atomic mass is 34.1. The number of thioether (sulfide) groups is 1. The summed E-state index contributed by atoms with van der Waals surface area (Å²) in [6.45, 7) is 3.18. The van der Waals surface area contributed by atoms with Gasteiger partial charge in [0.25, 0.3) is 0 Å². The van der Waals surface area contributed by atoms with Gasteiger partial charge >= 0.3 is 0 Å². The van der Waals surface area contributed by atoms with Gasteiger partial charge < -0.3 is 0 Å². The molecule has 0 spiro atoms. The summed E-state index contributed by atoms with van der Waals surface area (Å²) in [5.41, 5.74) is 0. The van der Waals surface area contributed by atoms with Gasteiger partial charge in [-0.3, -0.25) is 9.59 Å². The molecule has 0 heterocycles. The van der Waals surface area contributed by atoms with E-state index >= 15 is 0 Å². The van der Waals surface area contributed by atoms with E-state index in [2.05, 4.69) is 0 Å². The second-order valence-corrected chi connectivity index (χ2v) is 3.74. The topological polar surface area (TPSA) is 34.1 Å². The molecule has 0 fully saturated rings. The van der Waals surface area contributed by atoms with E-state index in [1.165, 1.54) is 0 Å². The molecule has 0 saturated carbocycles. The lowest BCUT2D eigenvalue weighted by atomic mass is 10.3. The Bertz CT molecular complexity index is 127. The van der Waals surface area contributed by atoms with E-state index in [1.807, 2.05) is 0 Å². The quantitative estimate of drug-likeness (QED) is 0.456. The number of hydrogen-bond acceptors (Lipinski definition) is 3. The summed E-state index contributed by atoms with van der Waals surface area (Å²) in [4.78, 5) is 20.9. The first-order chi connectivity index (χ1) is 5.13. The summed E-state index contributed by atoms with van der Waals surface area (Å²) >= 11 is 1.67. The van der Waals surface area contributed by atoms with Crippen molar-refractivity contribution in [1.82, 2.24) is 0 Å². The lowest BCUT2D eigenvalue weighted by Crippen LogP contribution is -1.95. The second-order valence-electron chi connectivity index (χ2n) is 2.52. The molecule has 0 atom stereocenters. The van der Waals surface area contributed by atoms with E-state index in [9.17, 15) is 9.59 Å². The van der Waals surface area contributed by atoms with Crippen LogP contribution in [0.3, 0.4) is 0 Å². The van der Waals surface area contributed by atoms with Gasteiger partial charge in [-0.1, -0.05) is 0 Å². The minimum Gasteiger partial charge on any atom is -0.300 e. The highest BCUT2D eigenvalue weighted by Gasteiger charge is 1.95. The summed E-state index contributed by atoms with van der Waals surface area (Å²) in [5, 5.41) is 0. The van der Waals surface area contributed by atoms with Crippen LogP contribution in [0.25, 0.3) is 0 Å². The van der Waals surface area contributed by atoms with E-state index in [-0.39, 0.29) is 11.6 Å². The van der Waals surface area contributed by atoms with Gasteiger partial charge in [0.2, 0.25) is 0 Å². The third kappa shape index (κ3) is 9.69. The highest BCUT2D eigenvalue weighted by Crippen LogP contribution is 2.04. The Hall–Kier alpha value is -0.310. The van der Waals surface area contributed by atoms with E-state index in [0.29, 0.717) is 12.8 Å². The van der Waals surface area contributed by atoms with Crippen LogP contribution in [0.5, 0.6) is 0 Å². The fourth-order valence-corrected chi connectivity index (χ4v) is 1.60. The van der Waals surface area contributed by atoms with Crippen molar-refractivity contribution in [3.05, 3.63) is 0 Å². The summed E-state index contributed by atoms with van der Waals surface area (Å²) in [6, 6.07) is 0. The smallest absolute Gasteiger partial charge is 0.130 e. The molecule has 0 rings (SSSR count). The predicted molar refractivity (Wildman–Crippen MR) is 47.9 cm³/mol. The number of rotatable bonds is 6. The van der Waals surface area contributed by atoms with Crippen LogP contribution in [0.4, 0.5) is 0 Å². The molecule has 0 radical (unpaired) electrons. The molecule has 0 aliphatic heterocycles. The van der Waals surface area contributed by atoms with Crippen LogP contribution in [0, 0.1) is 0 Å². The largest absolute Gasteiger partial charge is 0.300 e. The number of carbonyl (C=O) groups is 2. The molecule has 64 valence electrons. The Labute approximate surface area is 71.7 Å². The maximum Gasteiger partial charge on any atom is 0.130 e. The highest BCUT2D eigenvalue weighted by molar-refractivity contribution is 7.99. The van der Waals surface area contributed by atoms with Crippen molar-refractivity contribution in [2.24, 2.45) is 0 Å². The molecule has 11 heavy (non-hydrogen) atoms. The monoisotopic (exact) mass is 176 g/mol. The summed E-state index contributed by atoms with van der Waals surface area (Å²) in [5.74, 6) is 2.14. The maximum absolute atomic E-state index is 10.5. The molecule has 0 N–H and O–H groups in total. The maximum atomic E-state index is 10.5. The molecule has 2 nitrogen and oxygen atoms in total. The Balaban J connectivity index is 3.03. The Morgan fingerprint density at radius 1 is 1.00 bits per heavy atom. The number of hydrogen-bond donors (Lipinski definition) is 0. The SMILES string of the molecule is CC(=O)CC[34S]CCC(C)=O. The van der Waals surface area contributed by atoms with Crippen LogP contribution >= 0.6 is 11.8 Å². The predicted octanol–water partition coefficient (Wildman–Crippen LogP) is 1.68. The average molecular weight is 176 g/mol. The van der Waals surface area contributed by atoms with Crippen molar-refractivity contribution in [2.45, 2.75) is 26.7 Å². The first-order valence-electron chi connectivity index (χ1n) is 3.69. The van der Waals surface area contributed by atoms with Crippen molar-refractivity contribution < 1.29 is 9.59 Å². The van der Waals surface area contributed by atoms with Crippen molar-refractivity contribution in [3.8, 4) is 0 Å². The van der Waals surface area contributed by atoms with E-state index in [1.54, 1.807) is 25.6 Å². The van der Waals surface area contributed by atoms with Crippen molar-refractivity contribution in [1.29, 1.82) is 0 Å². The summed E-state index contributed by atoms with van der Waals surface area (Å²) in [6.07, 6.45) is 1.26. The molecule has 3 heteroatoms. The molecule has 0 amide bonds. The van der Waals surface area contributed by atoms with Crippen LogP contribution in [0.2, 0.25) is 0 Å².